The van der Waals surface area contributed by atoms with E-state index in [1.165, 1.54) is 4.90 Å². The van der Waals surface area contributed by atoms with Gasteiger partial charge in [-0.3, -0.25) is 9.59 Å². The summed E-state index contributed by atoms with van der Waals surface area (Å²) in [6.07, 6.45) is 0. The molecule has 0 bridgehead atoms. The fourth-order valence-electron chi connectivity index (χ4n) is 2.33. The number of nitrogens with zero attached hydrogens (tertiary/aromatic N) is 1. The van der Waals surface area contributed by atoms with Crippen molar-refractivity contribution in [3.8, 4) is 0 Å². The van der Waals surface area contributed by atoms with Crippen LogP contribution in [0.25, 0.3) is 0 Å². The van der Waals surface area contributed by atoms with Crippen molar-refractivity contribution in [1.29, 1.82) is 0 Å². The van der Waals surface area contributed by atoms with Gasteiger partial charge in [0, 0.05) is 18.8 Å². The van der Waals surface area contributed by atoms with Crippen LogP contribution >= 0.6 is 0 Å². The molecule has 0 aliphatic rings. The number of amides is 2. The summed E-state index contributed by atoms with van der Waals surface area (Å²) in [5.74, 6) is -1.13. The number of anilines is 1. The number of nitrogens with one attached hydrogen (secondary N) is 1. The smallest absolute Gasteiger partial charge is 0.316 e. The van der Waals surface area contributed by atoms with Gasteiger partial charge >= 0.3 is 11.8 Å². The van der Waals surface area contributed by atoms with Gasteiger partial charge in [0.25, 0.3) is 0 Å². The maximum Gasteiger partial charge on any atom is 0.316 e. The minimum absolute atomic E-state index is 0.343. The van der Waals surface area contributed by atoms with E-state index in [0.717, 1.165) is 22.4 Å². The number of aryl methyl sites for hydroxylation is 2. The molecular formula is C19H22N2O2. The Bertz CT molecular complexity index is 693. The maximum atomic E-state index is 12.4. The molecule has 120 valence electrons. The van der Waals surface area contributed by atoms with Gasteiger partial charge in [-0.25, -0.2) is 0 Å². The first-order chi connectivity index (χ1) is 11.0. The highest BCUT2D eigenvalue weighted by Crippen LogP contribution is 2.16. The van der Waals surface area contributed by atoms with Crippen LogP contribution in [0.4, 0.5) is 5.69 Å². The Morgan fingerprint density at radius 2 is 1.70 bits per heavy atom. The third kappa shape index (κ3) is 4.42. The molecule has 4 heteroatoms. The lowest BCUT2D eigenvalue weighted by Crippen LogP contribution is -2.42. The van der Waals surface area contributed by atoms with Gasteiger partial charge in [-0.15, -0.1) is 0 Å². The van der Waals surface area contributed by atoms with E-state index >= 15 is 0 Å². The maximum absolute atomic E-state index is 12.4. The second-order valence-electron chi connectivity index (χ2n) is 5.56. The third-order valence-corrected chi connectivity index (χ3v) is 3.64. The zero-order valence-corrected chi connectivity index (χ0v) is 13.8. The fraction of sp³-hybridized carbons (Fsp3) is 0.263. The van der Waals surface area contributed by atoms with E-state index in [4.69, 9.17) is 0 Å². The Hall–Kier alpha value is -2.62. The van der Waals surface area contributed by atoms with E-state index < -0.39 is 11.8 Å². The van der Waals surface area contributed by atoms with Crippen molar-refractivity contribution in [2.45, 2.75) is 27.3 Å². The van der Waals surface area contributed by atoms with Crippen molar-refractivity contribution in [2.75, 3.05) is 11.4 Å². The minimum Gasteiger partial charge on any atom is -0.344 e. The molecule has 0 aromatic heterocycles. The number of likely N-dealkylation sites (N-methyl/N-ethyl adjacent to an activating group) is 1. The summed E-state index contributed by atoms with van der Waals surface area (Å²) in [6.45, 7) is 6.61. The van der Waals surface area contributed by atoms with Crippen LogP contribution in [0.2, 0.25) is 0 Å². The second kappa shape index (κ2) is 7.58. The molecule has 0 atom stereocenters. The van der Waals surface area contributed by atoms with Gasteiger partial charge in [0.15, 0.2) is 0 Å². The third-order valence-electron chi connectivity index (χ3n) is 3.64. The highest BCUT2D eigenvalue weighted by atomic mass is 16.2. The number of hydrogen-bond acceptors (Lipinski definition) is 2. The molecule has 0 saturated carbocycles. The number of carbonyl (C=O) groups is 2. The molecule has 1 N–H and O–H groups in total. The monoisotopic (exact) mass is 310 g/mol. The fourth-order valence-corrected chi connectivity index (χ4v) is 2.33. The van der Waals surface area contributed by atoms with E-state index in [9.17, 15) is 9.59 Å². The van der Waals surface area contributed by atoms with Crippen LogP contribution in [0.1, 0.15) is 23.6 Å². The number of benzene rings is 2. The van der Waals surface area contributed by atoms with Crippen LogP contribution in [0, 0.1) is 13.8 Å². The Kier molecular flexibility index (Phi) is 5.52. The van der Waals surface area contributed by atoms with Crippen molar-refractivity contribution in [3.05, 3.63) is 65.2 Å². The summed E-state index contributed by atoms with van der Waals surface area (Å²) in [6, 6.07) is 15.4. The van der Waals surface area contributed by atoms with Crippen LogP contribution in [0.3, 0.4) is 0 Å². The first kappa shape index (κ1) is 16.7. The lowest BCUT2D eigenvalue weighted by molar-refractivity contribution is -0.137. The zero-order valence-electron chi connectivity index (χ0n) is 13.8. The minimum atomic E-state index is -0.589. The summed E-state index contributed by atoms with van der Waals surface area (Å²) in [4.78, 5) is 26.0. The molecule has 0 heterocycles. The Balaban J connectivity index is 2.02. The average molecular weight is 310 g/mol. The van der Waals surface area contributed by atoms with Crippen LogP contribution in [-0.4, -0.2) is 18.4 Å². The molecule has 0 fully saturated rings. The lowest BCUT2D eigenvalue weighted by atomic mass is 10.1. The molecule has 2 aromatic carbocycles. The van der Waals surface area contributed by atoms with Crippen molar-refractivity contribution in [1.82, 2.24) is 5.32 Å². The molecular weight excluding hydrogens is 288 g/mol. The van der Waals surface area contributed by atoms with Crippen LogP contribution in [0.15, 0.2) is 48.5 Å². The Labute approximate surface area is 137 Å². The molecule has 0 aliphatic heterocycles. The zero-order chi connectivity index (χ0) is 16.8. The summed E-state index contributed by atoms with van der Waals surface area (Å²) < 4.78 is 0. The molecule has 0 saturated heterocycles. The highest BCUT2D eigenvalue weighted by molar-refractivity contribution is 6.40. The number of rotatable bonds is 4. The highest BCUT2D eigenvalue weighted by Gasteiger charge is 2.21. The van der Waals surface area contributed by atoms with Crippen molar-refractivity contribution >= 4 is 17.5 Å². The van der Waals surface area contributed by atoms with Gasteiger partial charge in [-0.1, -0.05) is 42.0 Å². The summed E-state index contributed by atoms with van der Waals surface area (Å²) in [7, 11) is 0. The van der Waals surface area contributed by atoms with E-state index in [1.807, 2.05) is 69.3 Å². The van der Waals surface area contributed by atoms with Gasteiger partial charge in [-0.2, -0.15) is 0 Å². The second-order valence-corrected chi connectivity index (χ2v) is 5.56. The van der Waals surface area contributed by atoms with Gasteiger partial charge in [0.2, 0.25) is 0 Å². The van der Waals surface area contributed by atoms with Crippen molar-refractivity contribution in [3.63, 3.8) is 0 Å². The molecule has 2 amide bonds. The summed E-state index contributed by atoms with van der Waals surface area (Å²) >= 11 is 0. The van der Waals surface area contributed by atoms with E-state index in [2.05, 4.69) is 5.32 Å². The first-order valence-corrected chi connectivity index (χ1v) is 7.73. The number of carbonyl (C=O) groups excluding carboxylic acids is 2. The van der Waals surface area contributed by atoms with E-state index in [-0.39, 0.29) is 0 Å². The Morgan fingerprint density at radius 3 is 2.30 bits per heavy atom. The van der Waals surface area contributed by atoms with Crippen molar-refractivity contribution in [2.24, 2.45) is 0 Å². The normalized spacial score (nSPS) is 10.2. The van der Waals surface area contributed by atoms with E-state index in [1.54, 1.807) is 0 Å². The quantitative estimate of drug-likeness (QED) is 0.883. The van der Waals surface area contributed by atoms with E-state index in [0.29, 0.717) is 13.1 Å². The molecule has 0 spiro atoms. The predicted molar refractivity (Wildman–Crippen MR) is 92.2 cm³/mol. The standard InChI is InChI=1S/C19H22N2O2/c1-4-21(17-7-5-6-15(3)12-17)19(23)18(22)20-13-16-10-8-14(2)9-11-16/h5-12H,4,13H2,1-3H3,(H,20,22). The van der Waals surface area contributed by atoms with Crippen LogP contribution < -0.4 is 10.2 Å². The molecule has 2 rings (SSSR count). The molecule has 0 aliphatic carbocycles. The van der Waals surface area contributed by atoms with Gasteiger partial charge in [-0.05, 0) is 44.0 Å². The molecule has 2 aromatic rings. The van der Waals surface area contributed by atoms with Gasteiger partial charge in [0.05, 0.1) is 0 Å². The van der Waals surface area contributed by atoms with Crippen LogP contribution in [-0.2, 0) is 16.1 Å². The summed E-state index contributed by atoms with van der Waals surface area (Å²) in [5.41, 5.74) is 3.92. The lowest BCUT2D eigenvalue weighted by Gasteiger charge is -2.20. The molecule has 4 nitrogen and oxygen atoms in total. The largest absolute Gasteiger partial charge is 0.344 e. The molecule has 0 unspecified atom stereocenters. The average Bonchev–Trinajstić information content (AvgIpc) is 2.54. The SMILES string of the molecule is CCN(C(=O)C(=O)NCc1ccc(C)cc1)c1cccc(C)c1. The van der Waals surface area contributed by atoms with Gasteiger partial charge < -0.3 is 10.2 Å². The first-order valence-electron chi connectivity index (χ1n) is 7.73. The number of hydrogen-bond donors (Lipinski definition) is 1. The van der Waals surface area contributed by atoms with Crippen LogP contribution in [0.5, 0.6) is 0 Å². The van der Waals surface area contributed by atoms with Gasteiger partial charge in [0.1, 0.15) is 0 Å². The predicted octanol–water partition coefficient (Wildman–Crippen LogP) is 2.97. The molecule has 23 heavy (non-hydrogen) atoms. The topological polar surface area (TPSA) is 49.4 Å². The van der Waals surface area contributed by atoms with Crippen molar-refractivity contribution < 1.29 is 9.59 Å². The Morgan fingerprint density at radius 1 is 1.00 bits per heavy atom. The molecule has 0 radical (unpaired) electrons. The summed E-state index contributed by atoms with van der Waals surface area (Å²) in [5, 5.41) is 2.69.